The van der Waals surface area contributed by atoms with E-state index in [1.54, 1.807) is 25.1 Å². The van der Waals surface area contributed by atoms with Crippen molar-refractivity contribution in [1.29, 1.82) is 0 Å². The van der Waals surface area contributed by atoms with Crippen molar-refractivity contribution in [3.8, 4) is 5.75 Å². The fourth-order valence-corrected chi connectivity index (χ4v) is 4.93. The van der Waals surface area contributed by atoms with Crippen LogP contribution in [0.2, 0.25) is 0 Å². The molecule has 2 aliphatic heterocycles. The van der Waals surface area contributed by atoms with Gasteiger partial charge in [-0.3, -0.25) is 19.5 Å². The second kappa shape index (κ2) is 8.41. The van der Waals surface area contributed by atoms with E-state index in [0.29, 0.717) is 48.6 Å². The number of hydrogen-bond acceptors (Lipinski definition) is 5. The van der Waals surface area contributed by atoms with Gasteiger partial charge in [-0.2, -0.15) is 5.10 Å². The summed E-state index contributed by atoms with van der Waals surface area (Å²) < 4.78 is 5.57. The number of amides is 2. The number of likely N-dealkylation sites (tertiary alicyclic amines) is 1. The van der Waals surface area contributed by atoms with Crippen LogP contribution < -0.4 is 10.1 Å². The average molecular weight is 437 g/mol. The van der Waals surface area contributed by atoms with Crippen molar-refractivity contribution in [2.75, 3.05) is 18.4 Å². The lowest BCUT2D eigenvalue weighted by molar-refractivity contribution is -0.122. The Labute approximate surface area is 186 Å². The van der Waals surface area contributed by atoms with Gasteiger partial charge in [-0.05, 0) is 63.6 Å². The van der Waals surface area contributed by atoms with Crippen LogP contribution >= 0.6 is 0 Å². The van der Waals surface area contributed by atoms with Gasteiger partial charge in [0.15, 0.2) is 17.6 Å². The highest BCUT2D eigenvalue weighted by molar-refractivity contribution is 6.02. The largest absolute Gasteiger partial charge is 0.479 e. The molecule has 1 aromatic carbocycles. The van der Waals surface area contributed by atoms with Crippen molar-refractivity contribution in [1.82, 2.24) is 15.1 Å². The fraction of sp³-hybridized carbons (Fsp3) is 0.500. The number of aryl methyl sites for hydroxylation is 1. The van der Waals surface area contributed by atoms with E-state index >= 15 is 0 Å². The molecule has 0 bridgehead atoms. The number of anilines is 1. The van der Waals surface area contributed by atoms with E-state index in [0.717, 1.165) is 36.9 Å². The summed E-state index contributed by atoms with van der Waals surface area (Å²) in [5.74, 6) is 0.226. The van der Waals surface area contributed by atoms with Crippen LogP contribution in [0.15, 0.2) is 18.2 Å². The van der Waals surface area contributed by atoms with E-state index in [1.807, 2.05) is 4.90 Å². The molecule has 8 nitrogen and oxygen atoms in total. The number of aromatic nitrogens is 2. The lowest BCUT2D eigenvalue weighted by Gasteiger charge is -2.31. The van der Waals surface area contributed by atoms with E-state index < -0.39 is 6.10 Å². The number of nitrogens with zero attached hydrogens (tertiary/aromatic N) is 2. The summed E-state index contributed by atoms with van der Waals surface area (Å²) >= 11 is 0. The fourth-order valence-electron chi connectivity index (χ4n) is 4.93. The van der Waals surface area contributed by atoms with Gasteiger partial charge in [-0.25, -0.2) is 0 Å². The SMILES string of the molecule is CC1Oc2ccc(C(=O)C3CCN(C(=O)c4n[nH]c5c4CCCCC5)CC3)cc2NC1=O. The Balaban J connectivity index is 1.24. The van der Waals surface area contributed by atoms with Gasteiger partial charge in [0.25, 0.3) is 11.8 Å². The summed E-state index contributed by atoms with van der Waals surface area (Å²) in [5, 5.41) is 10.2. The minimum Gasteiger partial charge on any atom is -0.479 e. The monoisotopic (exact) mass is 436 g/mol. The molecule has 168 valence electrons. The van der Waals surface area contributed by atoms with E-state index in [1.165, 1.54) is 6.42 Å². The molecule has 2 N–H and O–H groups in total. The zero-order valence-corrected chi connectivity index (χ0v) is 18.3. The Hall–Kier alpha value is -3.16. The Morgan fingerprint density at radius 3 is 2.72 bits per heavy atom. The number of hydrogen-bond donors (Lipinski definition) is 2. The van der Waals surface area contributed by atoms with Crippen molar-refractivity contribution in [3.63, 3.8) is 0 Å². The second-order valence-electron chi connectivity index (χ2n) is 8.98. The van der Waals surface area contributed by atoms with Crippen LogP contribution in [0.1, 0.15) is 71.1 Å². The molecule has 1 aliphatic carbocycles. The van der Waals surface area contributed by atoms with E-state index in [2.05, 4.69) is 15.5 Å². The number of Topliss-reactive ketones (excluding diaryl/α,β-unsaturated/α-hetero) is 1. The Bertz CT molecular complexity index is 1070. The number of benzene rings is 1. The summed E-state index contributed by atoms with van der Waals surface area (Å²) in [6.45, 7) is 2.77. The molecule has 1 unspecified atom stereocenters. The number of fused-ring (bicyclic) bond motifs is 2. The highest BCUT2D eigenvalue weighted by Crippen LogP contribution is 2.32. The molecule has 1 fully saturated rings. The molecule has 1 aromatic heterocycles. The molecule has 2 aromatic rings. The zero-order chi connectivity index (χ0) is 22.2. The third kappa shape index (κ3) is 3.78. The van der Waals surface area contributed by atoms with Crippen LogP contribution in [0.25, 0.3) is 0 Å². The van der Waals surface area contributed by atoms with Gasteiger partial charge in [0.1, 0.15) is 5.75 Å². The Morgan fingerprint density at radius 1 is 1.12 bits per heavy atom. The highest BCUT2D eigenvalue weighted by atomic mass is 16.5. The normalized spacial score (nSPS) is 21.1. The molecule has 3 aliphatic rings. The number of aromatic amines is 1. The van der Waals surface area contributed by atoms with Gasteiger partial charge in [0.05, 0.1) is 5.69 Å². The van der Waals surface area contributed by atoms with Gasteiger partial charge in [0.2, 0.25) is 0 Å². The highest BCUT2D eigenvalue weighted by Gasteiger charge is 2.32. The maximum Gasteiger partial charge on any atom is 0.274 e. The first-order valence-electron chi connectivity index (χ1n) is 11.5. The summed E-state index contributed by atoms with van der Waals surface area (Å²) in [4.78, 5) is 39.9. The third-order valence-electron chi connectivity index (χ3n) is 6.86. The number of ketones is 1. The lowest BCUT2D eigenvalue weighted by Crippen LogP contribution is -2.40. The minimum absolute atomic E-state index is 0.0296. The Kier molecular flexibility index (Phi) is 5.45. The topological polar surface area (TPSA) is 104 Å². The quantitative estimate of drug-likeness (QED) is 0.568. The summed E-state index contributed by atoms with van der Waals surface area (Å²) in [6.07, 6.45) is 5.96. The summed E-state index contributed by atoms with van der Waals surface area (Å²) in [7, 11) is 0. The number of rotatable bonds is 3. The molecule has 0 saturated carbocycles. The molecule has 1 saturated heterocycles. The van der Waals surface area contributed by atoms with Gasteiger partial charge < -0.3 is 15.0 Å². The molecule has 0 radical (unpaired) electrons. The molecule has 8 heteroatoms. The zero-order valence-electron chi connectivity index (χ0n) is 18.3. The van der Waals surface area contributed by atoms with Crippen molar-refractivity contribution >= 4 is 23.3 Å². The molecule has 0 spiro atoms. The van der Waals surface area contributed by atoms with Crippen LogP contribution in [0.3, 0.4) is 0 Å². The van der Waals surface area contributed by atoms with Crippen LogP contribution in [-0.2, 0) is 17.6 Å². The second-order valence-corrected chi connectivity index (χ2v) is 8.98. The van der Waals surface area contributed by atoms with Crippen molar-refractivity contribution < 1.29 is 19.1 Å². The van der Waals surface area contributed by atoms with Crippen LogP contribution in [0.4, 0.5) is 5.69 Å². The summed E-state index contributed by atoms with van der Waals surface area (Å²) in [6, 6.07) is 5.18. The van der Waals surface area contributed by atoms with E-state index in [-0.39, 0.29) is 23.5 Å². The van der Waals surface area contributed by atoms with Crippen molar-refractivity contribution in [3.05, 3.63) is 40.7 Å². The first-order chi connectivity index (χ1) is 15.5. The predicted octanol–water partition coefficient (Wildman–Crippen LogP) is 3.13. The third-order valence-corrected chi connectivity index (χ3v) is 6.86. The van der Waals surface area contributed by atoms with Gasteiger partial charge >= 0.3 is 0 Å². The molecular weight excluding hydrogens is 408 g/mol. The van der Waals surface area contributed by atoms with Crippen LogP contribution in [0.5, 0.6) is 5.75 Å². The van der Waals surface area contributed by atoms with Crippen LogP contribution in [-0.4, -0.2) is 51.9 Å². The smallest absolute Gasteiger partial charge is 0.274 e. The number of carbonyl (C=O) groups excluding carboxylic acids is 3. The van der Waals surface area contributed by atoms with Gasteiger partial charge in [-0.15, -0.1) is 0 Å². The molecule has 1 atom stereocenters. The minimum atomic E-state index is -0.546. The molecule has 2 amide bonds. The first kappa shape index (κ1) is 20.7. The van der Waals surface area contributed by atoms with Gasteiger partial charge in [-0.1, -0.05) is 6.42 Å². The van der Waals surface area contributed by atoms with Crippen molar-refractivity contribution in [2.45, 2.75) is 58.0 Å². The number of ether oxygens (including phenoxy) is 1. The maximum atomic E-state index is 13.1. The maximum absolute atomic E-state index is 13.1. The first-order valence-corrected chi connectivity index (χ1v) is 11.5. The predicted molar refractivity (Wildman–Crippen MR) is 118 cm³/mol. The van der Waals surface area contributed by atoms with E-state index in [4.69, 9.17) is 4.74 Å². The number of H-pyrrole nitrogens is 1. The number of piperidine rings is 1. The molecular formula is C24H28N4O4. The summed E-state index contributed by atoms with van der Waals surface area (Å²) in [5.41, 5.74) is 3.84. The average Bonchev–Trinajstić information content (AvgIpc) is 3.06. The lowest BCUT2D eigenvalue weighted by atomic mass is 9.88. The molecule has 32 heavy (non-hydrogen) atoms. The number of carbonyl (C=O) groups is 3. The Morgan fingerprint density at radius 2 is 1.91 bits per heavy atom. The van der Waals surface area contributed by atoms with Crippen molar-refractivity contribution in [2.24, 2.45) is 5.92 Å². The molecule has 5 rings (SSSR count). The van der Waals surface area contributed by atoms with Crippen LogP contribution in [0, 0.1) is 5.92 Å². The molecule has 3 heterocycles. The van der Waals surface area contributed by atoms with Gasteiger partial charge in [0, 0.05) is 35.8 Å². The standard InChI is InChI=1S/C24H28N4O4/c1-14-23(30)25-19-13-16(7-8-20(19)32-14)22(29)15-9-11-28(12-10-15)24(31)21-17-5-3-2-4-6-18(17)26-27-21/h7-8,13-15H,2-6,9-12H2,1H3,(H,25,30)(H,26,27). The number of nitrogens with one attached hydrogen (secondary N) is 2. The van der Waals surface area contributed by atoms with E-state index in [9.17, 15) is 14.4 Å².